The molecule has 3 rings (SSSR count). The normalized spacial score (nSPS) is 14.6. The van der Waals surface area contributed by atoms with Crippen LogP contribution in [0.25, 0.3) is 0 Å². The van der Waals surface area contributed by atoms with Gasteiger partial charge < -0.3 is 25.1 Å². The summed E-state index contributed by atoms with van der Waals surface area (Å²) in [6.45, 7) is 3.64. The molecule has 140 valence electrons. The summed E-state index contributed by atoms with van der Waals surface area (Å²) in [6.07, 6.45) is 1.58. The summed E-state index contributed by atoms with van der Waals surface area (Å²) < 4.78 is 10.5. The minimum Gasteiger partial charge on any atom is -0.467 e. The van der Waals surface area contributed by atoms with Crippen LogP contribution in [0.5, 0.6) is 0 Å². The molecule has 7 nitrogen and oxygen atoms in total. The molecule has 1 aromatic carbocycles. The average molecular weight is 470 g/mol. The zero-order valence-electron chi connectivity index (χ0n) is 14.4. The molecule has 1 fully saturated rings. The third-order valence-electron chi connectivity index (χ3n) is 3.95. The third kappa shape index (κ3) is 5.73. The van der Waals surface area contributed by atoms with Crippen LogP contribution in [-0.2, 0) is 17.8 Å². The highest BCUT2D eigenvalue weighted by molar-refractivity contribution is 14.0. The van der Waals surface area contributed by atoms with E-state index in [4.69, 9.17) is 14.9 Å². The molecular weight excluding hydrogens is 447 g/mol. The van der Waals surface area contributed by atoms with Gasteiger partial charge in [0.05, 0.1) is 32.6 Å². The van der Waals surface area contributed by atoms with Gasteiger partial charge in [-0.15, -0.1) is 24.0 Å². The Balaban J connectivity index is 0.00000243. The van der Waals surface area contributed by atoms with E-state index in [-0.39, 0.29) is 29.9 Å². The molecule has 0 spiro atoms. The van der Waals surface area contributed by atoms with Gasteiger partial charge >= 0.3 is 0 Å². The van der Waals surface area contributed by atoms with Crippen molar-refractivity contribution in [1.82, 2.24) is 10.2 Å². The van der Waals surface area contributed by atoms with E-state index < -0.39 is 0 Å². The molecule has 0 unspecified atom stereocenters. The van der Waals surface area contributed by atoms with Gasteiger partial charge in [-0.3, -0.25) is 4.79 Å². The van der Waals surface area contributed by atoms with Crippen molar-refractivity contribution in [3.8, 4) is 0 Å². The van der Waals surface area contributed by atoms with E-state index >= 15 is 0 Å². The predicted molar refractivity (Wildman–Crippen MR) is 109 cm³/mol. The van der Waals surface area contributed by atoms with Crippen LogP contribution in [0.15, 0.2) is 52.1 Å². The maximum Gasteiger partial charge on any atom is 0.251 e. The van der Waals surface area contributed by atoms with Crippen LogP contribution in [0.3, 0.4) is 0 Å². The number of rotatable bonds is 5. The number of amides is 1. The van der Waals surface area contributed by atoms with Crippen LogP contribution in [-0.4, -0.2) is 43.1 Å². The topological polar surface area (TPSA) is 93.1 Å². The number of nitrogens with one attached hydrogen (secondary N) is 1. The van der Waals surface area contributed by atoms with Gasteiger partial charge in [-0.1, -0.05) is 12.1 Å². The molecule has 0 bridgehead atoms. The zero-order chi connectivity index (χ0) is 17.5. The molecule has 1 aromatic heterocycles. The number of carbonyl (C=O) groups excluding carboxylic acids is 1. The highest BCUT2D eigenvalue weighted by atomic mass is 127. The molecule has 1 saturated heterocycles. The number of nitrogens with zero attached hydrogens (tertiary/aromatic N) is 2. The van der Waals surface area contributed by atoms with Gasteiger partial charge in [-0.05, 0) is 29.8 Å². The second-order valence-corrected chi connectivity index (χ2v) is 5.74. The molecule has 8 heteroatoms. The molecule has 0 aliphatic carbocycles. The van der Waals surface area contributed by atoms with Gasteiger partial charge in [0.1, 0.15) is 5.76 Å². The number of nitrogens with two attached hydrogens (primary N) is 1. The smallest absolute Gasteiger partial charge is 0.251 e. The van der Waals surface area contributed by atoms with Gasteiger partial charge in [-0.2, -0.15) is 0 Å². The number of hydrogen-bond acceptors (Lipinski definition) is 4. The maximum atomic E-state index is 12.2. The van der Waals surface area contributed by atoms with Gasteiger partial charge in [0.2, 0.25) is 0 Å². The zero-order valence-corrected chi connectivity index (χ0v) is 16.7. The van der Waals surface area contributed by atoms with E-state index in [1.54, 1.807) is 18.4 Å². The van der Waals surface area contributed by atoms with Crippen molar-refractivity contribution in [1.29, 1.82) is 0 Å². The Morgan fingerprint density at radius 2 is 2.04 bits per heavy atom. The van der Waals surface area contributed by atoms with E-state index in [1.807, 2.05) is 29.2 Å². The van der Waals surface area contributed by atoms with E-state index in [0.29, 0.717) is 43.6 Å². The van der Waals surface area contributed by atoms with Crippen molar-refractivity contribution in [3.05, 3.63) is 59.5 Å². The fourth-order valence-electron chi connectivity index (χ4n) is 2.56. The Hall–Kier alpha value is -2.07. The lowest BCUT2D eigenvalue weighted by atomic mass is 10.1. The number of carbonyl (C=O) groups is 1. The van der Waals surface area contributed by atoms with E-state index in [1.165, 1.54) is 0 Å². The SMILES string of the molecule is I.NC(=NCc1cccc(C(=O)NCc2ccco2)c1)N1CCOCC1. The summed E-state index contributed by atoms with van der Waals surface area (Å²) in [7, 11) is 0. The van der Waals surface area contributed by atoms with Crippen LogP contribution >= 0.6 is 24.0 Å². The average Bonchev–Trinajstić information content (AvgIpc) is 3.19. The number of furan rings is 1. The van der Waals surface area contributed by atoms with Crippen LogP contribution in [0.2, 0.25) is 0 Å². The molecule has 0 saturated carbocycles. The number of ether oxygens (including phenoxy) is 1. The maximum absolute atomic E-state index is 12.2. The van der Waals surface area contributed by atoms with Gasteiger partial charge in [0, 0.05) is 18.7 Å². The van der Waals surface area contributed by atoms with Crippen molar-refractivity contribution in [2.45, 2.75) is 13.1 Å². The van der Waals surface area contributed by atoms with Crippen molar-refractivity contribution in [2.24, 2.45) is 10.7 Å². The monoisotopic (exact) mass is 470 g/mol. The Morgan fingerprint density at radius 3 is 2.77 bits per heavy atom. The van der Waals surface area contributed by atoms with E-state index in [0.717, 1.165) is 18.7 Å². The number of guanidine groups is 1. The van der Waals surface area contributed by atoms with Crippen LogP contribution in [0, 0.1) is 0 Å². The minimum atomic E-state index is -0.150. The Bertz CT molecular complexity index is 728. The Labute approximate surface area is 169 Å². The quantitative estimate of drug-likeness (QED) is 0.396. The fraction of sp³-hybridized carbons (Fsp3) is 0.333. The van der Waals surface area contributed by atoms with Crippen LogP contribution < -0.4 is 11.1 Å². The van der Waals surface area contributed by atoms with Crippen LogP contribution in [0.1, 0.15) is 21.7 Å². The molecule has 26 heavy (non-hydrogen) atoms. The number of aliphatic imine (C=N–C) groups is 1. The molecule has 0 radical (unpaired) electrons. The number of halogens is 1. The molecule has 0 atom stereocenters. The minimum absolute atomic E-state index is 0. The molecule has 3 N–H and O–H groups in total. The molecular formula is C18H23IN4O3. The standard InChI is InChI=1S/C18H22N4O3.HI/c19-18(22-6-9-24-10-7-22)21-12-14-3-1-4-15(11-14)17(23)20-13-16-5-2-8-25-16;/h1-5,8,11H,6-7,9-10,12-13H2,(H2,19,21)(H,20,23);1H. The van der Waals surface area contributed by atoms with Crippen molar-refractivity contribution >= 4 is 35.8 Å². The van der Waals surface area contributed by atoms with E-state index in [9.17, 15) is 4.79 Å². The highest BCUT2D eigenvalue weighted by Gasteiger charge is 2.12. The van der Waals surface area contributed by atoms with Gasteiger partial charge in [-0.25, -0.2) is 4.99 Å². The predicted octanol–water partition coefficient (Wildman–Crippen LogP) is 1.97. The van der Waals surface area contributed by atoms with E-state index in [2.05, 4.69) is 10.3 Å². The number of morpholine rings is 1. The molecule has 1 amide bonds. The summed E-state index contributed by atoms with van der Waals surface area (Å²) in [4.78, 5) is 18.7. The fourth-order valence-corrected chi connectivity index (χ4v) is 2.56. The third-order valence-corrected chi connectivity index (χ3v) is 3.95. The van der Waals surface area contributed by atoms with Gasteiger partial charge in [0.15, 0.2) is 5.96 Å². The van der Waals surface area contributed by atoms with Crippen molar-refractivity contribution in [3.63, 3.8) is 0 Å². The summed E-state index contributed by atoms with van der Waals surface area (Å²) in [6, 6.07) is 11.0. The first-order valence-corrected chi connectivity index (χ1v) is 8.24. The Morgan fingerprint density at radius 1 is 1.23 bits per heavy atom. The molecule has 2 aromatic rings. The Kier molecular flexibility index (Phi) is 7.92. The number of benzene rings is 1. The second kappa shape index (κ2) is 10.2. The largest absolute Gasteiger partial charge is 0.467 e. The lowest BCUT2D eigenvalue weighted by Gasteiger charge is -2.27. The van der Waals surface area contributed by atoms with Crippen LogP contribution in [0.4, 0.5) is 0 Å². The summed E-state index contributed by atoms with van der Waals surface area (Å²) in [5.41, 5.74) is 7.55. The van der Waals surface area contributed by atoms with Crippen molar-refractivity contribution in [2.75, 3.05) is 26.3 Å². The summed E-state index contributed by atoms with van der Waals surface area (Å²) in [5.74, 6) is 1.08. The van der Waals surface area contributed by atoms with Crippen molar-refractivity contribution < 1.29 is 13.9 Å². The lowest BCUT2D eigenvalue weighted by Crippen LogP contribution is -2.44. The summed E-state index contributed by atoms with van der Waals surface area (Å²) >= 11 is 0. The highest BCUT2D eigenvalue weighted by Crippen LogP contribution is 2.08. The first kappa shape index (κ1) is 20.2. The molecule has 1 aliphatic heterocycles. The summed E-state index contributed by atoms with van der Waals surface area (Å²) in [5, 5.41) is 2.83. The first-order valence-electron chi connectivity index (χ1n) is 8.24. The molecule has 1 aliphatic rings. The van der Waals surface area contributed by atoms with Gasteiger partial charge in [0.25, 0.3) is 5.91 Å². The first-order chi connectivity index (χ1) is 12.2. The number of hydrogen-bond donors (Lipinski definition) is 2. The lowest BCUT2D eigenvalue weighted by molar-refractivity contribution is 0.0674. The molecule has 2 heterocycles. The second-order valence-electron chi connectivity index (χ2n) is 5.74.